The first kappa shape index (κ1) is 28.0. The van der Waals surface area contributed by atoms with Crippen molar-refractivity contribution in [2.24, 2.45) is 11.7 Å². The molecule has 10 heteroatoms. The van der Waals surface area contributed by atoms with Gasteiger partial charge in [-0.2, -0.15) is 0 Å². The molecule has 0 bridgehead atoms. The smallest absolute Gasteiger partial charge is 0.343 e. The third-order valence-electron chi connectivity index (χ3n) is 8.29. The van der Waals surface area contributed by atoms with E-state index in [-0.39, 0.29) is 37.8 Å². The van der Waals surface area contributed by atoms with Gasteiger partial charge >= 0.3 is 5.97 Å². The van der Waals surface area contributed by atoms with Crippen molar-refractivity contribution < 1.29 is 24.2 Å². The van der Waals surface area contributed by atoms with Crippen LogP contribution in [0.3, 0.4) is 0 Å². The third kappa shape index (κ3) is 4.46. The minimum absolute atomic E-state index is 0.0675. The Morgan fingerprint density at radius 1 is 1.21 bits per heavy atom. The van der Waals surface area contributed by atoms with E-state index in [9.17, 15) is 19.5 Å². The maximum absolute atomic E-state index is 13.7. The Labute approximate surface area is 242 Å². The number of carbonyl (C=O) groups excluding carboxylic acids is 2. The normalized spacial score (nSPS) is 17.3. The average Bonchev–Trinajstić information content (AvgIpc) is 3.35. The predicted octanol–water partition coefficient (Wildman–Crippen LogP) is 2.98. The van der Waals surface area contributed by atoms with Crippen LogP contribution in [0, 0.1) is 5.92 Å². The number of nitrogens with two attached hydrogens (primary N) is 1. The van der Waals surface area contributed by atoms with Gasteiger partial charge in [0.25, 0.3) is 5.56 Å². The van der Waals surface area contributed by atoms with Crippen LogP contribution in [-0.2, 0) is 50.8 Å². The second kappa shape index (κ2) is 10.6. The van der Waals surface area contributed by atoms with Gasteiger partial charge < -0.3 is 30.2 Å². The quantitative estimate of drug-likeness (QED) is 0.112. The summed E-state index contributed by atoms with van der Waals surface area (Å²) < 4.78 is 12.6. The molecule has 2 aromatic heterocycles. The molecule has 6 rings (SSSR count). The number of aliphatic hydroxyl groups is 1. The number of nitrogens with one attached hydrogen (secondary N) is 1. The third-order valence-corrected chi connectivity index (χ3v) is 8.29. The molecule has 0 unspecified atom stereocenters. The van der Waals surface area contributed by atoms with E-state index < -0.39 is 11.6 Å². The Kier molecular flexibility index (Phi) is 7.08. The maximum Gasteiger partial charge on any atom is 0.343 e. The molecule has 4 aromatic rings. The topological polar surface area (TPSA) is 146 Å². The zero-order valence-electron chi connectivity index (χ0n) is 24.0. The maximum atomic E-state index is 13.7. The van der Waals surface area contributed by atoms with Gasteiger partial charge in [0, 0.05) is 16.5 Å². The summed E-state index contributed by atoms with van der Waals surface area (Å²) in [7, 11) is 0. The molecule has 42 heavy (non-hydrogen) atoms. The van der Waals surface area contributed by atoms with Crippen LogP contribution in [0.5, 0.6) is 0 Å². The second-order valence-corrected chi connectivity index (χ2v) is 11.4. The highest BCUT2D eigenvalue weighted by molar-refractivity contribution is 6.09. The van der Waals surface area contributed by atoms with Crippen LogP contribution in [0.15, 0.2) is 41.2 Å². The number of carbonyl (C=O) groups is 2. The van der Waals surface area contributed by atoms with Crippen molar-refractivity contribution in [2.45, 2.75) is 59.0 Å². The number of ether oxygens (including phenoxy) is 2. The van der Waals surface area contributed by atoms with Gasteiger partial charge in [-0.15, -0.1) is 0 Å². The van der Waals surface area contributed by atoms with Crippen molar-refractivity contribution >= 4 is 33.6 Å². The van der Waals surface area contributed by atoms with Crippen molar-refractivity contribution in [3.05, 3.63) is 74.6 Å². The number of aromatic nitrogens is 2. The molecular formula is C32H34N4O6. The summed E-state index contributed by atoms with van der Waals surface area (Å²) in [6.45, 7) is 6.49. The predicted molar refractivity (Wildman–Crippen MR) is 157 cm³/mol. The largest absolute Gasteiger partial charge is 0.458 e. The number of cyclic esters (lactones) is 1. The van der Waals surface area contributed by atoms with Gasteiger partial charge in [-0.1, -0.05) is 39.0 Å². The molecule has 0 fully saturated rings. The van der Waals surface area contributed by atoms with E-state index >= 15 is 0 Å². The lowest BCUT2D eigenvalue weighted by molar-refractivity contribution is -0.172. The lowest BCUT2D eigenvalue weighted by atomic mass is 9.86. The molecule has 0 spiro atoms. The van der Waals surface area contributed by atoms with Crippen molar-refractivity contribution in [2.75, 3.05) is 13.3 Å². The SMILES string of the molecule is CC[C@@]1(O)C(=O)OCc2c1cc1n(c2=O)Cc2c-1nc1ccc3ccc(COCNC(=O)CN)cc3c1c2CC(C)C. The highest BCUT2D eigenvalue weighted by Gasteiger charge is 2.45. The van der Waals surface area contributed by atoms with Crippen molar-refractivity contribution in [3.63, 3.8) is 0 Å². The van der Waals surface area contributed by atoms with E-state index in [1.165, 1.54) is 0 Å². The summed E-state index contributed by atoms with van der Waals surface area (Å²) in [6, 6.07) is 11.9. The van der Waals surface area contributed by atoms with E-state index in [1.54, 1.807) is 17.6 Å². The number of benzene rings is 2. The zero-order chi connectivity index (χ0) is 29.8. The highest BCUT2D eigenvalue weighted by Crippen LogP contribution is 2.42. The Hall–Kier alpha value is -4.12. The Balaban J connectivity index is 1.51. The standard InChI is InChI=1S/C32H34N4O6/c1-4-32(40)24-11-26-29-22(13-36(26)30(38)23(24)15-42-31(32)39)21(9-17(2)3)28-20-10-18(14-41-16-34-27(37)12-33)5-6-19(20)7-8-25(28)35-29/h5-8,10-11,17,40H,4,9,12-16,33H2,1-3H3,(H,34,37)/t32-/m0/s1. The van der Waals surface area contributed by atoms with E-state index in [0.717, 1.165) is 44.8 Å². The number of nitrogens with zero attached hydrogens (tertiary/aromatic N) is 2. The Morgan fingerprint density at radius 3 is 2.74 bits per heavy atom. The van der Waals surface area contributed by atoms with Crippen molar-refractivity contribution in [3.8, 4) is 11.4 Å². The van der Waals surface area contributed by atoms with Gasteiger partial charge in [0.2, 0.25) is 5.91 Å². The molecule has 1 amide bonds. The summed E-state index contributed by atoms with van der Waals surface area (Å²) in [5.74, 6) is -0.685. The highest BCUT2D eigenvalue weighted by atomic mass is 16.6. The summed E-state index contributed by atoms with van der Waals surface area (Å²) in [5.41, 5.74) is 8.96. The lowest BCUT2D eigenvalue weighted by Gasteiger charge is -2.31. The molecule has 0 saturated heterocycles. The number of amides is 1. The van der Waals surface area contributed by atoms with Crippen molar-refractivity contribution in [1.29, 1.82) is 0 Å². The van der Waals surface area contributed by atoms with Crippen LogP contribution in [0.2, 0.25) is 0 Å². The van der Waals surface area contributed by atoms with Crippen LogP contribution in [0.4, 0.5) is 0 Å². The number of fused-ring (bicyclic) bond motifs is 7. The fourth-order valence-electron chi connectivity index (χ4n) is 6.14. The summed E-state index contributed by atoms with van der Waals surface area (Å²) in [5, 5.41) is 17.0. The van der Waals surface area contributed by atoms with Gasteiger partial charge in [0.15, 0.2) is 5.60 Å². The molecule has 0 saturated carbocycles. The molecule has 0 radical (unpaired) electrons. The Bertz CT molecular complexity index is 1830. The molecule has 10 nitrogen and oxygen atoms in total. The minimum Gasteiger partial charge on any atom is -0.458 e. The molecule has 2 aromatic carbocycles. The fourth-order valence-corrected chi connectivity index (χ4v) is 6.14. The van der Waals surface area contributed by atoms with Gasteiger partial charge in [0.05, 0.1) is 42.2 Å². The number of pyridine rings is 2. The van der Waals surface area contributed by atoms with Crippen LogP contribution in [-0.4, -0.2) is 39.8 Å². The van der Waals surface area contributed by atoms with Crippen LogP contribution < -0.4 is 16.6 Å². The van der Waals surface area contributed by atoms with Gasteiger partial charge in [-0.3, -0.25) is 9.59 Å². The number of hydrogen-bond acceptors (Lipinski definition) is 8. The van der Waals surface area contributed by atoms with Crippen LogP contribution in [0.25, 0.3) is 33.1 Å². The molecule has 218 valence electrons. The van der Waals surface area contributed by atoms with Crippen LogP contribution >= 0.6 is 0 Å². The fraction of sp³-hybridized carbons (Fsp3) is 0.375. The minimum atomic E-state index is -1.87. The van der Waals surface area contributed by atoms with Crippen molar-refractivity contribution in [1.82, 2.24) is 14.9 Å². The second-order valence-electron chi connectivity index (χ2n) is 11.4. The Morgan fingerprint density at radius 2 is 2.00 bits per heavy atom. The first-order chi connectivity index (χ1) is 20.2. The summed E-state index contributed by atoms with van der Waals surface area (Å²) in [4.78, 5) is 42.8. The number of esters is 1. The molecule has 2 aliphatic heterocycles. The lowest BCUT2D eigenvalue weighted by Crippen LogP contribution is -2.44. The monoisotopic (exact) mass is 570 g/mol. The molecule has 4 N–H and O–H groups in total. The summed E-state index contributed by atoms with van der Waals surface area (Å²) >= 11 is 0. The van der Waals surface area contributed by atoms with E-state index in [4.69, 9.17) is 20.2 Å². The zero-order valence-corrected chi connectivity index (χ0v) is 24.0. The number of rotatable bonds is 8. The molecule has 1 atom stereocenters. The van der Waals surface area contributed by atoms with Gasteiger partial charge in [0.1, 0.15) is 13.3 Å². The van der Waals surface area contributed by atoms with Gasteiger partial charge in [-0.05, 0) is 58.9 Å². The van der Waals surface area contributed by atoms with Crippen LogP contribution in [0.1, 0.15) is 55.0 Å². The molecule has 0 aliphatic carbocycles. The average molecular weight is 571 g/mol. The van der Waals surface area contributed by atoms with E-state index in [1.807, 2.05) is 24.3 Å². The first-order valence-corrected chi connectivity index (χ1v) is 14.2. The molecule has 2 aliphatic rings. The van der Waals surface area contributed by atoms with E-state index in [0.29, 0.717) is 41.6 Å². The molecular weight excluding hydrogens is 536 g/mol. The molecule has 4 heterocycles. The summed E-state index contributed by atoms with van der Waals surface area (Å²) in [6.07, 6.45) is 0.866. The number of hydrogen-bond donors (Lipinski definition) is 3. The van der Waals surface area contributed by atoms with E-state index in [2.05, 4.69) is 25.2 Å². The first-order valence-electron chi connectivity index (χ1n) is 14.2. The van der Waals surface area contributed by atoms with Gasteiger partial charge in [-0.25, -0.2) is 9.78 Å².